The van der Waals surface area contributed by atoms with Gasteiger partial charge in [0.15, 0.2) is 5.82 Å². The van der Waals surface area contributed by atoms with Gasteiger partial charge in [-0.25, -0.2) is 4.68 Å². The molecule has 1 aromatic carbocycles. The standard InChI is InChI=1S/C12H13N5S/c1-2-7-17-12(14-15-16-17)9-18-11-6-4-3-5-10(11)8-13/h3-6H,2,7,9H2,1H3. The third-order valence-electron chi connectivity index (χ3n) is 2.41. The van der Waals surface area contributed by atoms with Gasteiger partial charge in [-0.3, -0.25) is 0 Å². The highest BCUT2D eigenvalue weighted by Crippen LogP contribution is 2.24. The molecule has 1 heterocycles. The Labute approximate surface area is 110 Å². The number of hydrogen-bond acceptors (Lipinski definition) is 5. The van der Waals surface area contributed by atoms with Crippen LogP contribution in [0, 0.1) is 11.3 Å². The van der Waals surface area contributed by atoms with E-state index in [9.17, 15) is 0 Å². The van der Waals surface area contributed by atoms with Gasteiger partial charge in [-0.05, 0) is 29.0 Å². The fourth-order valence-electron chi connectivity index (χ4n) is 1.54. The van der Waals surface area contributed by atoms with Gasteiger partial charge in [-0.2, -0.15) is 5.26 Å². The lowest BCUT2D eigenvalue weighted by Gasteiger charge is -2.04. The van der Waals surface area contributed by atoms with Crippen molar-refractivity contribution in [1.82, 2.24) is 20.2 Å². The van der Waals surface area contributed by atoms with Gasteiger partial charge in [0.2, 0.25) is 0 Å². The second-order valence-electron chi connectivity index (χ2n) is 3.71. The van der Waals surface area contributed by atoms with E-state index in [0.29, 0.717) is 11.3 Å². The summed E-state index contributed by atoms with van der Waals surface area (Å²) >= 11 is 1.58. The quantitative estimate of drug-likeness (QED) is 0.770. The second kappa shape index (κ2) is 6.17. The fourth-order valence-corrected chi connectivity index (χ4v) is 2.47. The zero-order valence-corrected chi connectivity index (χ0v) is 10.9. The molecular formula is C12H13N5S. The van der Waals surface area contributed by atoms with E-state index in [2.05, 4.69) is 28.5 Å². The number of rotatable bonds is 5. The first-order valence-electron chi connectivity index (χ1n) is 5.72. The van der Waals surface area contributed by atoms with Crippen LogP contribution in [0.25, 0.3) is 0 Å². The van der Waals surface area contributed by atoms with Crippen LogP contribution in [0.3, 0.4) is 0 Å². The number of nitriles is 1. The lowest BCUT2D eigenvalue weighted by molar-refractivity contribution is 0.564. The maximum Gasteiger partial charge on any atom is 0.161 e. The maximum absolute atomic E-state index is 9.01. The van der Waals surface area contributed by atoms with Crippen molar-refractivity contribution >= 4 is 11.8 Å². The predicted molar refractivity (Wildman–Crippen MR) is 68.8 cm³/mol. The Morgan fingerprint density at radius 1 is 1.39 bits per heavy atom. The van der Waals surface area contributed by atoms with Crippen LogP contribution in [-0.2, 0) is 12.3 Å². The zero-order chi connectivity index (χ0) is 12.8. The molecule has 2 aromatic rings. The van der Waals surface area contributed by atoms with Crippen molar-refractivity contribution in [3.8, 4) is 6.07 Å². The molecule has 18 heavy (non-hydrogen) atoms. The molecule has 0 amide bonds. The van der Waals surface area contributed by atoms with Crippen molar-refractivity contribution < 1.29 is 0 Å². The Hall–Kier alpha value is -1.87. The predicted octanol–water partition coefficient (Wildman–Crippen LogP) is 2.25. The van der Waals surface area contributed by atoms with Crippen molar-refractivity contribution in [2.75, 3.05) is 0 Å². The fraction of sp³-hybridized carbons (Fsp3) is 0.333. The monoisotopic (exact) mass is 259 g/mol. The molecule has 0 atom stereocenters. The Kier molecular flexibility index (Phi) is 4.31. The molecular weight excluding hydrogens is 246 g/mol. The highest BCUT2D eigenvalue weighted by molar-refractivity contribution is 7.98. The molecule has 0 fully saturated rings. The molecule has 0 unspecified atom stereocenters. The highest BCUT2D eigenvalue weighted by atomic mass is 32.2. The normalized spacial score (nSPS) is 10.2. The molecule has 0 saturated heterocycles. The van der Waals surface area contributed by atoms with Crippen molar-refractivity contribution in [3.05, 3.63) is 35.7 Å². The molecule has 0 saturated carbocycles. The Morgan fingerprint density at radius 3 is 3.00 bits per heavy atom. The van der Waals surface area contributed by atoms with Crippen LogP contribution < -0.4 is 0 Å². The van der Waals surface area contributed by atoms with Gasteiger partial charge < -0.3 is 0 Å². The summed E-state index contributed by atoms with van der Waals surface area (Å²) in [6.45, 7) is 2.91. The molecule has 0 spiro atoms. The first-order chi connectivity index (χ1) is 8.85. The second-order valence-corrected chi connectivity index (χ2v) is 4.73. The van der Waals surface area contributed by atoms with E-state index >= 15 is 0 Å². The first kappa shape index (κ1) is 12.6. The molecule has 0 radical (unpaired) electrons. The van der Waals surface area contributed by atoms with Crippen LogP contribution in [0.4, 0.5) is 0 Å². The van der Waals surface area contributed by atoms with Crippen LogP contribution in [0.2, 0.25) is 0 Å². The number of aromatic nitrogens is 4. The van der Waals surface area contributed by atoms with Crippen molar-refractivity contribution in [2.45, 2.75) is 30.5 Å². The molecule has 2 rings (SSSR count). The van der Waals surface area contributed by atoms with Crippen LogP contribution in [-0.4, -0.2) is 20.2 Å². The Bertz CT molecular complexity index is 558. The number of tetrazole rings is 1. The largest absolute Gasteiger partial charge is 0.229 e. The molecule has 92 valence electrons. The summed E-state index contributed by atoms with van der Waals surface area (Å²) in [5.74, 6) is 1.51. The van der Waals surface area contributed by atoms with Gasteiger partial charge in [0, 0.05) is 11.4 Å². The summed E-state index contributed by atoms with van der Waals surface area (Å²) in [7, 11) is 0. The van der Waals surface area contributed by atoms with Crippen LogP contribution >= 0.6 is 11.8 Å². The third kappa shape index (κ3) is 2.87. The number of nitrogens with zero attached hydrogens (tertiary/aromatic N) is 5. The van der Waals surface area contributed by atoms with Gasteiger partial charge in [0.05, 0.1) is 11.3 Å². The van der Waals surface area contributed by atoms with Gasteiger partial charge in [-0.1, -0.05) is 19.1 Å². The number of thioether (sulfide) groups is 1. The molecule has 0 bridgehead atoms. The Morgan fingerprint density at radius 2 is 2.22 bits per heavy atom. The summed E-state index contributed by atoms with van der Waals surface area (Å²) in [6, 6.07) is 9.74. The van der Waals surface area contributed by atoms with E-state index in [0.717, 1.165) is 23.7 Å². The van der Waals surface area contributed by atoms with E-state index in [-0.39, 0.29) is 0 Å². The van der Waals surface area contributed by atoms with E-state index in [1.165, 1.54) is 0 Å². The van der Waals surface area contributed by atoms with E-state index < -0.39 is 0 Å². The lowest BCUT2D eigenvalue weighted by atomic mass is 10.2. The first-order valence-corrected chi connectivity index (χ1v) is 6.70. The molecule has 0 aliphatic carbocycles. The number of benzene rings is 1. The topological polar surface area (TPSA) is 67.4 Å². The SMILES string of the molecule is CCCn1nnnc1CSc1ccccc1C#N. The summed E-state index contributed by atoms with van der Waals surface area (Å²) in [6.07, 6.45) is 0.998. The molecule has 0 aliphatic rings. The number of hydrogen-bond donors (Lipinski definition) is 0. The highest BCUT2D eigenvalue weighted by Gasteiger charge is 2.07. The maximum atomic E-state index is 9.01. The minimum Gasteiger partial charge on any atom is -0.229 e. The van der Waals surface area contributed by atoms with E-state index in [1.807, 2.05) is 28.9 Å². The Balaban J connectivity index is 2.07. The van der Waals surface area contributed by atoms with Crippen molar-refractivity contribution in [3.63, 3.8) is 0 Å². The van der Waals surface area contributed by atoms with Gasteiger partial charge >= 0.3 is 0 Å². The molecule has 0 N–H and O–H groups in total. The molecule has 0 aliphatic heterocycles. The van der Waals surface area contributed by atoms with Crippen LogP contribution in [0.5, 0.6) is 0 Å². The van der Waals surface area contributed by atoms with Crippen molar-refractivity contribution in [1.29, 1.82) is 5.26 Å². The van der Waals surface area contributed by atoms with Crippen LogP contribution in [0.1, 0.15) is 24.7 Å². The summed E-state index contributed by atoms with van der Waals surface area (Å²) in [5.41, 5.74) is 0.692. The van der Waals surface area contributed by atoms with Gasteiger partial charge in [-0.15, -0.1) is 16.9 Å². The molecule has 5 nitrogen and oxygen atoms in total. The summed E-state index contributed by atoms with van der Waals surface area (Å²) in [5, 5.41) is 20.6. The molecule has 1 aromatic heterocycles. The minimum absolute atomic E-state index is 0.672. The zero-order valence-electron chi connectivity index (χ0n) is 10.1. The van der Waals surface area contributed by atoms with E-state index in [1.54, 1.807) is 11.8 Å². The minimum atomic E-state index is 0.672. The summed E-state index contributed by atoms with van der Waals surface area (Å²) in [4.78, 5) is 0.964. The number of aryl methyl sites for hydroxylation is 1. The lowest BCUT2D eigenvalue weighted by Crippen LogP contribution is -2.04. The van der Waals surface area contributed by atoms with Gasteiger partial charge in [0.25, 0.3) is 0 Å². The van der Waals surface area contributed by atoms with E-state index in [4.69, 9.17) is 5.26 Å². The third-order valence-corrected chi connectivity index (χ3v) is 3.48. The van der Waals surface area contributed by atoms with Crippen molar-refractivity contribution in [2.24, 2.45) is 0 Å². The molecule has 6 heteroatoms. The average Bonchev–Trinajstić information content (AvgIpc) is 2.84. The van der Waals surface area contributed by atoms with Crippen LogP contribution in [0.15, 0.2) is 29.2 Å². The average molecular weight is 259 g/mol. The summed E-state index contributed by atoms with van der Waals surface area (Å²) < 4.78 is 1.81. The smallest absolute Gasteiger partial charge is 0.161 e. The van der Waals surface area contributed by atoms with Gasteiger partial charge in [0.1, 0.15) is 6.07 Å².